The molecule has 22 heavy (non-hydrogen) atoms. The molecule has 0 spiro atoms. The van der Waals surface area contributed by atoms with Crippen LogP contribution in [0.2, 0.25) is 0 Å². The van der Waals surface area contributed by atoms with Crippen molar-refractivity contribution in [3.05, 3.63) is 41.7 Å². The van der Waals surface area contributed by atoms with Gasteiger partial charge in [0.15, 0.2) is 0 Å². The van der Waals surface area contributed by atoms with Gasteiger partial charge < -0.3 is 18.7 Å². The Kier molecular flexibility index (Phi) is 4.29. The number of aryl methyl sites for hydroxylation is 1. The summed E-state index contributed by atoms with van der Waals surface area (Å²) in [6.07, 6.45) is 3.54. The zero-order valence-electron chi connectivity index (χ0n) is 13.0. The summed E-state index contributed by atoms with van der Waals surface area (Å²) in [5.41, 5.74) is 0.713. The van der Waals surface area contributed by atoms with Crippen molar-refractivity contribution in [2.24, 2.45) is 0 Å². The smallest absolute Gasteiger partial charge is 0.293 e. The lowest BCUT2D eigenvalue weighted by Crippen LogP contribution is -2.46. The van der Waals surface area contributed by atoms with Gasteiger partial charge in [0, 0.05) is 12.1 Å². The molecule has 1 amide bonds. The molecule has 2 aromatic heterocycles. The maximum absolute atomic E-state index is 12.8. The van der Waals surface area contributed by atoms with Crippen molar-refractivity contribution in [2.75, 3.05) is 20.1 Å². The molecular weight excluding hydrogens is 282 g/mol. The number of carbonyl (C=O) groups excluding carboxylic acids is 1. The van der Waals surface area contributed by atoms with E-state index in [0.717, 1.165) is 31.7 Å². The first-order valence-corrected chi connectivity index (χ1v) is 7.58. The van der Waals surface area contributed by atoms with Crippen molar-refractivity contribution in [3.63, 3.8) is 0 Å². The van der Waals surface area contributed by atoms with E-state index in [0.29, 0.717) is 18.0 Å². The Bertz CT molecular complexity index is 612. The third-order valence-corrected chi connectivity index (χ3v) is 4.13. The van der Waals surface area contributed by atoms with Crippen molar-refractivity contribution in [1.29, 1.82) is 0 Å². The fourth-order valence-electron chi connectivity index (χ4n) is 2.85. The average Bonchev–Trinajstić information content (AvgIpc) is 3.17. The standard InChI is InChI=1S/C16H21N3O3/c1-12-10-15(22-17-12)16(20)19(11-14-4-3-9-21-14)13-5-7-18(2)8-6-13/h3-4,9-10,13H,5-8,11H2,1-2H3. The van der Waals surface area contributed by atoms with Crippen LogP contribution in [0.4, 0.5) is 0 Å². The van der Waals surface area contributed by atoms with Gasteiger partial charge in [-0.2, -0.15) is 0 Å². The van der Waals surface area contributed by atoms with Crippen LogP contribution in [-0.2, 0) is 6.54 Å². The third-order valence-electron chi connectivity index (χ3n) is 4.13. The number of furan rings is 1. The van der Waals surface area contributed by atoms with Gasteiger partial charge in [0.05, 0.1) is 18.5 Å². The van der Waals surface area contributed by atoms with E-state index in [1.54, 1.807) is 12.3 Å². The van der Waals surface area contributed by atoms with E-state index in [2.05, 4.69) is 17.1 Å². The predicted molar refractivity (Wildman–Crippen MR) is 80.3 cm³/mol. The molecule has 0 atom stereocenters. The lowest BCUT2D eigenvalue weighted by Gasteiger charge is -2.36. The lowest BCUT2D eigenvalue weighted by molar-refractivity contribution is 0.0510. The van der Waals surface area contributed by atoms with Gasteiger partial charge in [-0.05, 0) is 52.0 Å². The third kappa shape index (κ3) is 3.22. The van der Waals surface area contributed by atoms with Crippen LogP contribution in [0.1, 0.15) is 34.9 Å². The second-order valence-corrected chi connectivity index (χ2v) is 5.88. The Morgan fingerprint density at radius 3 is 2.82 bits per heavy atom. The predicted octanol–water partition coefficient (Wildman–Crippen LogP) is 2.31. The van der Waals surface area contributed by atoms with Crippen molar-refractivity contribution in [1.82, 2.24) is 15.0 Å². The molecule has 6 heteroatoms. The Balaban J connectivity index is 1.80. The summed E-state index contributed by atoms with van der Waals surface area (Å²) >= 11 is 0. The number of piperidine rings is 1. The van der Waals surface area contributed by atoms with Crippen molar-refractivity contribution < 1.29 is 13.7 Å². The molecule has 1 aliphatic heterocycles. The molecule has 0 bridgehead atoms. The highest BCUT2D eigenvalue weighted by Crippen LogP contribution is 2.21. The number of carbonyl (C=O) groups is 1. The second-order valence-electron chi connectivity index (χ2n) is 5.88. The zero-order valence-corrected chi connectivity index (χ0v) is 13.0. The van der Waals surface area contributed by atoms with Crippen molar-refractivity contribution in [3.8, 4) is 0 Å². The molecule has 0 radical (unpaired) electrons. The SMILES string of the molecule is Cc1cc(C(=O)N(Cc2ccco2)C2CCN(C)CC2)on1. The first kappa shape index (κ1) is 14.8. The van der Waals surface area contributed by atoms with E-state index in [9.17, 15) is 4.79 Å². The van der Waals surface area contributed by atoms with E-state index >= 15 is 0 Å². The molecule has 6 nitrogen and oxygen atoms in total. The molecule has 0 aliphatic carbocycles. The van der Waals surface area contributed by atoms with Crippen molar-refractivity contribution in [2.45, 2.75) is 32.4 Å². The minimum atomic E-state index is -0.119. The highest BCUT2D eigenvalue weighted by Gasteiger charge is 2.30. The Hall–Kier alpha value is -2.08. The number of hydrogen-bond acceptors (Lipinski definition) is 5. The number of aromatic nitrogens is 1. The lowest BCUT2D eigenvalue weighted by atomic mass is 10.0. The molecule has 0 N–H and O–H groups in total. The summed E-state index contributed by atoms with van der Waals surface area (Å²) in [5, 5.41) is 3.82. The van der Waals surface area contributed by atoms with Crippen LogP contribution in [0.5, 0.6) is 0 Å². The molecule has 0 saturated carbocycles. The zero-order chi connectivity index (χ0) is 15.5. The minimum absolute atomic E-state index is 0.119. The van der Waals surface area contributed by atoms with Crippen LogP contribution >= 0.6 is 0 Å². The summed E-state index contributed by atoms with van der Waals surface area (Å²) in [7, 11) is 2.11. The maximum atomic E-state index is 12.8. The molecular formula is C16H21N3O3. The van der Waals surface area contributed by atoms with Gasteiger partial charge in [0.2, 0.25) is 5.76 Å². The first-order valence-electron chi connectivity index (χ1n) is 7.58. The number of nitrogens with zero attached hydrogens (tertiary/aromatic N) is 3. The minimum Gasteiger partial charge on any atom is -0.467 e. The van der Waals surface area contributed by atoms with E-state index < -0.39 is 0 Å². The van der Waals surface area contributed by atoms with Crippen LogP contribution in [0.3, 0.4) is 0 Å². The van der Waals surface area contributed by atoms with Gasteiger partial charge in [-0.3, -0.25) is 4.79 Å². The Labute approximate surface area is 129 Å². The van der Waals surface area contributed by atoms with Gasteiger partial charge in [0.1, 0.15) is 5.76 Å². The van der Waals surface area contributed by atoms with Crippen LogP contribution in [0.25, 0.3) is 0 Å². The van der Waals surface area contributed by atoms with Gasteiger partial charge in [0.25, 0.3) is 5.91 Å². The molecule has 1 aliphatic rings. The Morgan fingerprint density at radius 2 is 2.23 bits per heavy atom. The number of hydrogen-bond donors (Lipinski definition) is 0. The number of likely N-dealkylation sites (tertiary alicyclic amines) is 1. The fraction of sp³-hybridized carbons (Fsp3) is 0.500. The number of rotatable bonds is 4. The summed E-state index contributed by atoms with van der Waals surface area (Å²) < 4.78 is 10.6. The average molecular weight is 303 g/mol. The Morgan fingerprint density at radius 1 is 1.45 bits per heavy atom. The molecule has 3 rings (SSSR count). The molecule has 3 heterocycles. The summed E-state index contributed by atoms with van der Waals surface area (Å²) in [4.78, 5) is 16.9. The molecule has 0 aromatic carbocycles. The van der Waals surface area contributed by atoms with Crippen LogP contribution in [0.15, 0.2) is 33.4 Å². The van der Waals surface area contributed by atoms with Crippen LogP contribution in [0, 0.1) is 6.92 Å². The summed E-state index contributed by atoms with van der Waals surface area (Å²) in [6.45, 7) is 4.25. The molecule has 2 aromatic rings. The first-order chi connectivity index (χ1) is 10.6. The van der Waals surface area contributed by atoms with E-state index in [1.165, 1.54) is 0 Å². The van der Waals surface area contributed by atoms with Gasteiger partial charge >= 0.3 is 0 Å². The second kappa shape index (κ2) is 6.36. The van der Waals surface area contributed by atoms with Gasteiger partial charge in [-0.15, -0.1) is 0 Å². The van der Waals surface area contributed by atoms with E-state index in [1.807, 2.05) is 24.0 Å². The topological polar surface area (TPSA) is 62.7 Å². The highest BCUT2D eigenvalue weighted by atomic mass is 16.5. The van der Waals surface area contributed by atoms with Gasteiger partial charge in [-0.1, -0.05) is 5.16 Å². The fourth-order valence-corrected chi connectivity index (χ4v) is 2.85. The van der Waals surface area contributed by atoms with Crippen LogP contribution in [-0.4, -0.2) is 47.0 Å². The normalized spacial score (nSPS) is 16.8. The molecule has 0 unspecified atom stereocenters. The van der Waals surface area contributed by atoms with Crippen LogP contribution < -0.4 is 0 Å². The monoisotopic (exact) mass is 303 g/mol. The molecule has 1 saturated heterocycles. The maximum Gasteiger partial charge on any atom is 0.293 e. The molecule has 1 fully saturated rings. The quantitative estimate of drug-likeness (QED) is 0.867. The molecule has 118 valence electrons. The van der Waals surface area contributed by atoms with E-state index in [-0.39, 0.29) is 11.9 Å². The number of amides is 1. The largest absolute Gasteiger partial charge is 0.467 e. The highest BCUT2D eigenvalue weighted by molar-refractivity contribution is 5.91. The summed E-state index contributed by atoms with van der Waals surface area (Å²) in [6, 6.07) is 5.61. The van der Waals surface area contributed by atoms with Crippen molar-refractivity contribution >= 4 is 5.91 Å². The van der Waals surface area contributed by atoms with Gasteiger partial charge in [-0.25, -0.2) is 0 Å². The van der Waals surface area contributed by atoms with E-state index in [4.69, 9.17) is 8.94 Å². The summed E-state index contributed by atoms with van der Waals surface area (Å²) in [5.74, 6) is 0.957.